The van der Waals surface area contributed by atoms with Crippen LogP contribution in [0.4, 0.5) is 5.82 Å². The summed E-state index contributed by atoms with van der Waals surface area (Å²) in [5.74, 6) is -0.203. The molecule has 0 aliphatic carbocycles. The zero-order chi connectivity index (χ0) is 14.1. The Bertz CT molecular complexity index is 681. The van der Waals surface area contributed by atoms with Gasteiger partial charge in [0, 0.05) is 0 Å². The van der Waals surface area contributed by atoms with E-state index in [4.69, 9.17) is 0 Å². The molecule has 1 aliphatic rings. The van der Waals surface area contributed by atoms with Gasteiger partial charge in [-0.05, 0) is 21.5 Å². The Morgan fingerprint density at radius 1 is 1.25 bits per heavy atom. The first-order valence-electron chi connectivity index (χ1n) is 6.03. The first kappa shape index (κ1) is 12.9. The molecule has 102 valence electrons. The van der Waals surface area contributed by atoms with Crippen LogP contribution in [-0.4, -0.2) is 27.9 Å². The van der Waals surface area contributed by atoms with Gasteiger partial charge in [0.1, 0.15) is 5.82 Å². The maximum Gasteiger partial charge on any atom is 0.274 e. The molecule has 0 saturated heterocycles. The van der Waals surface area contributed by atoms with E-state index in [1.54, 1.807) is 4.57 Å². The van der Waals surface area contributed by atoms with Gasteiger partial charge in [-0.3, -0.25) is 9.59 Å². The minimum Gasteiger partial charge on any atom is -0.341 e. The molecule has 2 aromatic rings. The second-order valence-corrected chi connectivity index (χ2v) is 5.09. The molecule has 2 N–H and O–H groups in total. The van der Waals surface area contributed by atoms with Crippen LogP contribution in [0.25, 0.3) is 0 Å². The highest BCUT2D eigenvalue weighted by Gasteiger charge is 2.26. The standard InChI is InChI=1S/C13H11BrN4O2/c14-13-17-10-11(16-9(19)6-15-12(10)20)18(13)7-8-4-2-1-3-5-8/h1-5H,6-7H2,(H,15,20)(H,16,19). The Labute approximate surface area is 123 Å². The predicted octanol–water partition coefficient (Wildman–Crippen LogP) is 1.38. The van der Waals surface area contributed by atoms with E-state index in [9.17, 15) is 9.59 Å². The average Bonchev–Trinajstić information content (AvgIpc) is 2.67. The molecule has 7 heteroatoms. The van der Waals surface area contributed by atoms with Crippen LogP contribution in [0.1, 0.15) is 16.1 Å². The number of nitrogens with zero attached hydrogens (tertiary/aromatic N) is 2. The lowest BCUT2D eigenvalue weighted by Crippen LogP contribution is -2.29. The van der Waals surface area contributed by atoms with Gasteiger partial charge in [-0.2, -0.15) is 0 Å². The van der Waals surface area contributed by atoms with Crippen molar-refractivity contribution in [2.75, 3.05) is 11.9 Å². The highest BCUT2D eigenvalue weighted by atomic mass is 79.9. The Morgan fingerprint density at radius 2 is 2.00 bits per heavy atom. The zero-order valence-corrected chi connectivity index (χ0v) is 12.0. The summed E-state index contributed by atoms with van der Waals surface area (Å²) in [7, 11) is 0. The van der Waals surface area contributed by atoms with Gasteiger partial charge in [-0.1, -0.05) is 30.3 Å². The summed E-state index contributed by atoms with van der Waals surface area (Å²) in [6.07, 6.45) is 0. The van der Waals surface area contributed by atoms with Crippen LogP contribution in [0, 0.1) is 0 Å². The van der Waals surface area contributed by atoms with E-state index in [-0.39, 0.29) is 24.1 Å². The highest BCUT2D eigenvalue weighted by molar-refractivity contribution is 9.10. The third-order valence-electron chi connectivity index (χ3n) is 2.99. The lowest BCUT2D eigenvalue weighted by Gasteiger charge is -2.09. The van der Waals surface area contributed by atoms with Gasteiger partial charge in [0.2, 0.25) is 5.91 Å². The smallest absolute Gasteiger partial charge is 0.274 e. The maximum absolute atomic E-state index is 11.9. The number of hydrogen-bond acceptors (Lipinski definition) is 3. The fourth-order valence-corrected chi connectivity index (χ4v) is 2.52. The van der Waals surface area contributed by atoms with Gasteiger partial charge < -0.3 is 15.2 Å². The van der Waals surface area contributed by atoms with E-state index >= 15 is 0 Å². The van der Waals surface area contributed by atoms with Crippen molar-refractivity contribution in [2.24, 2.45) is 0 Å². The normalized spacial score (nSPS) is 14.2. The Kier molecular flexibility index (Phi) is 3.27. The topological polar surface area (TPSA) is 76.0 Å². The highest BCUT2D eigenvalue weighted by Crippen LogP contribution is 2.24. The minimum absolute atomic E-state index is 0.0435. The number of rotatable bonds is 2. The van der Waals surface area contributed by atoms with Crippen LogP contribution < -0.4 is 10.6 Å². The molecule has 1 aliphatic heterocycles. The van der Waals surface area contributed by atoms with Gasteiger partial charge in [0.25, 0.3) is 5.91 Å². The number of amides is 2. The second kappa shape index (κ2) is 5.09. The van der Waals surface area contributed by atoms with Crippen LogP contribution in [0.2, 0.25) is 0 Å². The van der Waals surface area contributed by atoms with Crippen molar-refractivity contribution < 1.29 is 9.59 Å². The van der Waals surface area contributed by atoms with Crippen LogP contribution >= 0.6 is 15.9 Å². The molecule has 6 nitrogen and oxygen atoms in total. The van der Waals surface area contributed by atoms with E-state index in [0.717, 1.165) is 5.56 Å². The van der Waals surface area contributed by atoms with Crippen molar-refractivity contribution in [1.29, 1.82) is 0 Å². The number of hydrogen-bond donors (Lipinski definition) is 2. The molecule has 2 heterocycles. The number of halogens is 1. The summed E-state index contributed by atoms with van der Waals surface area (Å²) >= 11 is 3.33. The molecule has 3 rings (SSSR count). The molecular weight excluding hydrogens is 324 g/mol. The van der Waals surface area contributed by atoms with Crippen LogP contribution in [0.3, 0.4) is 0 Å². The number of aromatic nitrogens is 2. The fraction of sp³-hybridized carbons (Fsp3) is 0.154. The largest absolute Gasteiger partial charge is 0.341 e. The molecule has 0 saturated carbocycles. The minimum atomic E-state index is -0.356. The Morgan fingerprint density at radius 3 is 2.75 bits per heavy atom. The summed E-state index contributed by atoms with van der Waals surface area (Å²) in [4.78, 5) is 27.7. The molecule has 1 aromatic heterocycles. The molecule has 0 bridgehead atoms. The first-order chi connectivity index (χ1) is 9.65. The number of fused-ring (bicyclic) bond motifs is 1. The third-order valence-corrected chi connectivity index (χ3v) is 3.59. The summed E-state index contributed by atoms with van der Waals surface area (Å²) < 4.78 is 2.26. The van der Waals surface area contributed by atoms with Gasteiger partial charge in [0.05, 0.1) is 13.1 Å². The Hall–Kier alpha value is -2.15. The summed E-state index contributed by atoms with van der Waals surface area (Å²) in [5.41, 5.74) is 1.27. The number of anilines is 1. The van der Waals surface area contributed by atoms with Crippen molar-refractivity contribution in [3.05, 3.63) is 46.3 Å². The predicted molar refractivity (Wildman–Crippen MR) is 76.4 cm³/mol. The number of carbonyl (C=O) groups is 2. The summed E-state index contributed by atoms with van der Waals surface area (Å²) in [6.45, 7) is 0.468. The molecular formula is C13H11BrN4O2. The molecule has 0 atom stereocenters. The molecule has 2 amide bonds. The molecule has 0 unspecified atom stereocenters. The van der Waals surface area contributed by atoms with Gasteiger partial charge in [-0.15, -0.1) is 0 Å². The number of imidazole rings is 1. The van der Waals surface area contributed by atoms with Crippen LogP contribution in [0.15, 0.2) is 35.1 Å². The Balaban J connectivity index is 2.03. The number of benzene rings is 1. The molecule has 0 radical (unpaired) electrons. The van der Waals surface area contributed by atoms with Crippen molar-refractivity contribution in [1.82, 2.24) is 14.9 Å². The molecule has 0 spiro atoms. The SMILES string of the molecule is O=C1CNC(=O)c2nc(Br)n(Cc3ccccc3)c2N1. The average molecular weight is 335 g/mol. The lowest BCUT2D eigenvalue weighted by atomic mass is 10.2. The molecule has 0 fully saturated rings. The second-order valence-electron chi connectivity index (χ2n) is 4.38. The summed E-state index contributed by atoms with van der Waals surface area (Å²) in [6, 6.07) is 9.74. The van der Waals surface area contributed by atoms with E-state index in [1.165, 1.54) is 0 Å². The summed E-state index contributed by atoms with van der Waals surface area (Å²) in [5, 5.41) is 5.22. The quantitative estimate of drug-likeness (QED) is 0.871. The first-order valence-corrected chi connectivity index (χ1v) is 6.82. The van der Waals surface area contributed by atoms with Crippen molar-refractivity contribution in [2.45, 2.75) is 6.54 Å². The van der Waals surface area contributed by atoms with E-state index in [1.807, 2.05) is 30.3 Å². The maximum atomic E-state index is 11.9. The fourth-order valence-electron chi connectivity index (χ4n) is 2.04. The van der Waals surface area contributed by atoms with E-state index in [0.29, 0.717) is 17.1 Å². The van der Waals surface area contributed by atoms with Crippen molar-refractivity contribution >= 4 is 33.6 Å². The molecule has 1 aromatic carbocycles. The molecule has 20 heavy (non-hydrogen) atoms. The number of nitrogens with one attached hydrogen (secondary N) is 2. The van der Waals surface area contributed by atoms with Gasteiger partial charge in [0.15, 0.2) is 10.4 Å². The number of carbonyl (C=O) groups excluding carboxylic acids is 2. The van der Waals surface area contributed by atoms with Gasteiger partial charge in [-0.25, -0.2) is 4.98 Å². The third kappa shape index (κ3) is 2.32. The van der Waals surface area contributed by atoms with E-state index in [2.05, 4.69) is 31.5 Å². The van der Waals surface area contributed by atoms with Crippen molar-refractivity contribution in [3.63, 3.8) is 0 Å². The monoisotopic (exact) mass is 334 g/mol. The lowest BCUT2D eigenvalue weighted by molar-refractivity contribution is -0.115. The zero-order valence-electron chi connectivity index (χ0n) is 10.4. The van der Waals surface area contributed by atoms with E-state index < -0.39 is 0 Å². The van der Waals surface area contributed by atoms with Crippen molar-refractivity contribution in [3.8, 4) is 0 Å². The van der Waals surface area contributed by atoms with Gasteiger partial charge >= 0.3 is 0 Å². The van der Waals surface area contributed by atoms with Crippen LogP contribution in [0.5, 0.6) is 0 Å². The van der Waals surface area contributed by atoms with Crippen LogP contribution in [-0.2, 0) is 11.3 Å².